The van der Waals surface area contributed by atoms with Crippen LogP contribution in [-0.4, -0.2) is 39.5 Å². The standard InChI is InChI=1S/C14H21N3O2/c1-9-12(10(2)17(4)15-9)13(18)14(19)16(3)11-7-5-6-8-11/h11H,5-8H2,1-4H3. The number of carbonyl (C=O) groups is 2. The Morgan fingerprint density at radius 3 is 2.32 bits per heavy atom. The van der Waals surface area contributed by atoms with Crippen molar-refractivity contribution >= 4 is 11.7 Å². The molecule has 0 saturated heterocycles. The Labute approximate surface area is 113 Å². The molecule has 5 nitrogen and oxygen atoms in total. The van der Waals surface area contributed by atoms with Crippen LogP contribution in [0.2, 0.25) is 0 Å². The Kier molecular flexibility index (Phi) is 3.73. The summed E-state index contributed by atoms with van der Waals surface area (Å²) in [6.45, 7) is 3.58. The second kappa shape index (κ2) is 5.15. The first kappa shape index (κ1) is 13.8. The van der Waals surface area contributed by atoms with E-state index in [2.05, 4.69) is 5.10 Å². The second-order valence-electron chi connectivity index (χ2n) is 5.35. The zero-order valence-corrected chi connectivity index (χ0v) is 12.1. The molecule has 1 aliphatic carbocycles. The Morgan fingerprint density at radius 2 is 1.84 bits per heavy atom. The lowest BCUT2D eigenvalue weighted by atomic mass is 10.1. The van der Waals surface area contributed by atoms with Gasteiger partial charge < -0.3 is 4.90 Å². The molecule has 0 spiro atoms. The zero-order valence-electron chi connectivity index (χ0n) is 12.1. The van der Waals surface area contributed by atoms with Gasteiger partial charge in [0, 0.05) is 25.8 Å². The van der Waals surface area contributed by atoms with Crippen LogP contribution in [0, 0.1) is 13.8 Å². The van der Waals surface area contributed by atoms with Gasteiger partial charge in [0.2, 0.25) is 0 Å². The van der Waals surface area contributed by atoms with E-state index in [1.54, 1.807) is 30.6 Å². The Hall–Kier alpha value is -1.65. The van der Waals surface area contributed by atoms with Crippen LogP contribution in [0.4, 0.5) is 0 Å². The highest BCUT2D eigenvalue weighted by Gasteiger charge is 2.31. The van der Waals surface area contributed by atoms with Crippen LogP contribution in [0.15, 0.2) is 0 Å². The van der Waals surface area contributed by atoms with Crippen molar-refractivity contribution in [2.45, 2.75) is 45.6 Å². The average molecular weight is 263 g/mol. The van der Waals surface area contributed by atoms with Gasteiger partial charge in [0.1, 0.15) is 0 Å². The molecular formula is C14H21N3O2. The molecule has 0 aliphatic heterocycles. The highest BCUT2D eigenvalue weighted by Crippen LogP contribution is 2.23. The van der Waals surface area contributed by atoms with Gasteiger partial charge in [-0.2, -0.15) is 5.10 Å². The van der Waals surface area contributed by atoms with E-state index < -0.39 is 11.7 Å². The molecule has 1 aromatic rings. The molecule has 5 heteroatoms. The van der Waals surface area contributed by atoms with Gasteiger partial charge in [-0.1, -0.05) is 12.8 Å². The third kappa shape index (κ3) is 2.41. The monoisotopic (exact) mass is 263 g/mol. The Bertz CT molecular complexity index is 513. The first-order valence-corrected chi connectivity index (χ1v) is 6.75. The molecule has 0 radical (unpaired) electrons. The van der Waals surface area contributed by atoms with Crippen LogP contribution in [0.3, 0.4) is 0 Å². The number of likely N-dealkylation sites (N-methyl/N-ethyl adjacent to an activating group) is 1. The molecule has 104 valence electrons. The van der Waals surface area contributed by atoms with Crippen LogP contribution in [0.1, 0.15) is 47.4 Å². The third-order valence-corrected chi connectivity index (χ3v) is 4.12. The lowest BCUT2D eigenvalue weighted by molar-refractivity contribution is -0.127. The smallest absolute Gasteiger partial charge is 0.295 e. The van der Waals surface area contributed by atoms with Crippen molar-refractivity contribution in [3.8, 4) is 0 Å². The number of carbonyl (C=O) groups excluding carboxylic acids is 2. The quantitative estimate of drug-likeness (QED) is 0.615. The molecule has 1 aliphatic rings. The van der Waals surface area contributed by atoms with Gasteiger partial charge in [0.15, 0.2) is 0 Å². The number of aromatic nitrogens is 2. The number of ketones is 1. The fourth-order valence-corrected chi connectivity index (χ4v) is 2.83. The Morgan fingerprint density at radius 1 is 1.26 bits per heavy atom. The number of hydrogen-bond acceptors (Lipinski definition) is 3. The number of Topliss-reactive ketones (excluding diaryl/α,β-unsaturated/α-hetero) is 1. The molecule has 1 fully saturated rings. The molecule has 0 unspecified atom stereocenters. The minimum atomic E-state index is -0.433. The zero-order chi connectivity index (χ0) is 14.2. The summed E-state index contributed by atoms with van der Waals surface area (Å²) in [6, 6.07) is 0.216. The van der Waals surface area contributed by atoms with E-state index in [4.69, 9.17) is 0 Å². The summed E-state index contributed by atoms with van der Waals surface area (Å²) in [6.07, 6.45) is 4.28. The summed E-state index contributed by atoms with van der Waals surface area (Å²) >= 11 is 0. The Balaban J connectivity index is 2.21. The third-order valence-electron chi connectivity index (χ3n) is 4.12. The van der Waals surface area contributed by atoms with E-state index >= 15 is 0 Å². The summed E-state index contributed by atoms with van der Waals surface area (Å²) in [4.78, 5) is 26.2. The van der Waals surface area contributed by atoms with Gasteiger partial charge in [-0.05, 0) is 26.7 Å². The van der Waals surface area contributed by atoms with E-state index in [1.807, 2.05) is 6.92 Å². The summed E-state index contributed by atoms with van der Waals surface area (Å²) in [5.41, 5.74) is 1.83. The fraction of sp³-hybridized carbons (Fsp3) is 0.643. The SMILES string of the molecule is Cc1nn(C)c(C)c1C(=O)C(=O)N(C)C1CCCC1. The number of aryl methyl sites for hydroxylation is 2. The molecule has 2 rings (SSSR count). The molecule has 0 aromatic carbocycles. The van der Waals surface area contributed by atoms with Gasteiger partial charge in [-0.25, -0.2) is 0 Å². The maximum Gasteiger partial charge on any atom is 0.295 e. The number of rotatable bonds is 3. The predicted molar refractivity (Wildman–Crippen MR) is 72.0 cm³/mol. The van der Waals surface area contributed by atoms with Gasteiger partial charge in [-0.15, -0.1) is 0 Å². The molecule has 0 N–H and O–H groups in total. The van der Waals surface area contributed by atoms with E-state index in [-0.39, 0.29) is 6.04 Å². The lowest BCUT2D eigenvalue weighted by Gasteiger charge is -2.23. The summed E-state index contributed by atoms with van der Waals surface area (Å²) in [5, 5.41) is 4.20. The highest BCUT2D eigenvalue weighted by atomic mass is 16.2. The van der Waals surface area contributed by atoms with Gasteiger partial charge >= 0.3 is 0 Å². The topological polar surface area (TPSA) is 55.2 Å². The normalized spacial score (nSPS) is 15.8. The van der Waals surface area contributed by atoms with E-state index in [1.165, 1.54) is 0 Å². The maximum atomic E-state index is 12.4. The average Bonchev–Trinajstić information content (AvgIpc) is 2.97. The summed E-state index contributed by atoms with van der Waals surface area (Å²) in [5.74, 6) is -0.844. The van der Waals surface area contributed by atoms with E-state index in [9.17, 15) is 9.59 Å². The van der Waals surface area contributed by atoms with Crippen LogP contribution >= 0.6 is 0 Å². The molecule has 1 heterocycles. The molecule has 1 aromatic heterocycles. The van der Waals surface area contributed by atoms with Crippen LogP contribution in [-0.2, 0) is 11.8 Å². The fourth-order valence-electron chi connectivity index (χ4n) is 2.83. The van der Waals surface area contributed by atoms with E-state index in [0.717, 1.165) is 31.4 Å². The van der Waals surface area contributed by atoms with E-state index in [0.29, 0.717) is 11.3 Å². The van der Waals surface area contributed by atoms with Gasteiger partial charge in [-0.3, -0.25) is 14.3 Å². The largest absolute Gasteiger partial charge is 0.336 e. The van der Waals surface area contributed by atoms with Gasteiger partial charge in [0.25, 0.3) is 11.7 Å². The number of amides is 1. The molecule has 19 heavy (non-hydrogen) atoms. The minimum Gasteiger partial charge on any atom is -0.336 e. The second-order valence-corrected chi connectivity index (χ2v) is 5.35. The van der Waals surface area contributed by atoms with Crippen LogP contribution in [0.25, 0.3) is 0 Å². The van der Waals surface area contributed by atoms with Crippen molar-refractivity contribution in [3.63, 3.8) is 0 Å². The molecule has 1 amide bonds. The van der Waals surface area contributed by atoms with Crippen molar-refractivity contribution in [2.24, 2.45) is 7.05 Å². The summed E-state index contributed by atoms with van der Waals surface area (Å²) in [7, 11) is 3.52. The van der Waals surface area contributed by atoms with Crippen molar-refractivity contribution in [1.82, 2.24) is 14.7 Å². The minimum absolute atomic E-state index is 0.216. The maximum absolute atomic E-state index is 12.4. The molecule has 1 saturated carbocycles. The predicted octanol–water partition coefficient (Wildman–Crippen LogP) is 1.62. The van der Waals surface area contributed by atoms with Crippen molar-refractivity contribution < 1.29 is 9.59 Å². The molecule has 0 atom stereocenters. The summed E-state index contributed by atoms with van der Waals surface area (Å²) < 4.78 is 1.64. The van der Waals surface area contributed by atoms with Crippen molar-refractivity contribution in [2.75, 3.05) is 7.05 Å². The van der Waals surface area contributed by atoms with Crippen molar-refractivity contribution in [1.29, 1.82) is 0 Å². The lowest BCUT2D eigenvalue weighted by Crippen LogP contribution is -2.40. The van der Waals surface area contributed by atoms with Crippen LogP contribution < -0.4 is 0 Å². The highest BCUT2D eigenvalue weighted by molar-refractivity contribution is 6.43. The number of hydrogen-bond donors (Lipinski definition) is 0. The number of nitrogens with zero attached hydrogens (tertiary/aromatic N) is 3. The first-order valence-electron chi connectivity index (χ1n) is 6.75. The van der Waals surface area contributed by atoms with Crippen LogP contribution in [0.5, 0.6) is 0 Å². The van der Waals surface area contributed by atoms with Crippen molar-refractivity contribution in [3.05, 3.63) is 17.0 Å². The molecule has 0 bridgehead atoms. The van der Waals surface area contributed by atoms with Gasteiger partial charge in [0.05, 0.1) is 11.3 Å². The first-order chi connectivity index (χ1) is 8.93. The molecular weight excluding hydrogens is 242 g/mol.